The number of halogens is 3. The van der Waals surface area contributed by atoms with Crippen LogP contribution in [0.3, 0.4) is 0 Å². The summed E-state index contributed by atoms with van der Waals surface area (Å²) in [6.45, 7) is 0. The van der Waals surface area contributed by atoms with Crippen molar-refractivity contribution in [3.8, 4) is 17.0 Å². The van der Waals surface area contributed by atoms with E-state index in [1.165, 1.54) is 18.2 Å². The van der Waals surface area contributed by atoms with Crippen LogP contribution < -0.4 is 11.5 Å². The second-order valence-electron chi connectivity index (χ2n) is 3.74. The zero-order valence-electron chi connectivity index (χ0n) is 9.44. The van der Waals surface area contributed by atoms with Crippen molar-refractivity contribution in [2.24, 2.45) is 0 Å². The van der Waals surface area contributed by atoms with Gasteiger partial charge in [-0.25, -0.2) is 4.98 Å². The molecule has 0 unspecified atom stereocenters. The number of rotatable bonds is 1. The smallest absolute Gasteiger partial charge is 0.422 e. The maximum atomic E-state index is 13.0. The van der Waals surface area contributed by atoms with E-state index in [4.69, 9.17) is 11.5 Å². The quantitative estimate of drug-likeness (QED) is 0.736. The molecule has 100 valence electrons. The molecule has 5 nitrogen and oxygen atoms in total. The summed E-state index contributed by atoms with van der Waals surface area (Å²) in [6.07, 6.45) is -4.72. The van der Waals surface area contributed by atoms with Crippen LogP contribution in [0.2, 0.25) is 0 Å². The van der Waals surface area contributed by atoms with Crippen LogP contribution in [0, 0.1) is 0 Å². The standard InChI is InChI=1S/C11H9F3N4O/c12-11(13,14)7-8(17-10(16)18-9(7)15)5-2-1-3-6(19)4-5/h1-4,19H,(H4,15,16,17,18). The number of phenolic OH excluding ortho intramolecular Hbond substituents is 1. The summed E-state index contributed by atoms with van der Waals surface area (Å²) in [5.41, 5.74) is 9.00. The molecule has 0 aliphatic rings. The van der Waals surface area contributed by atoms with Gasteiger partial charge in [0.25, 0.3) is 0 Å². The van der Waals surface area contributed by atoms with Crippen LogP contribution in [0.1, 0.15) is 5.56 Å². The molecular formula is C11H9F3N4O. The highest BCUT2D eigenvalue weighted by atomic mass is 19.4. The number of nitrogens with two attached hydrogens (primary N) is 2. The van der Waals surface area contributed by atoms with Gasteiger partial charge in [0.2, 0.25) is 5.95 Å². The monoisotopic (exact) mass is 270 g/mol. The lowest BCUT2D eigenvalue weighted by Gasteiger charge is -2.14. The lowest BCUT2D eigenvalue weighted by Crippen LogP contribution is -2.15. The van der Waals surface area contributed by atoms with Crippen LogP contribution >= 0.6 is 0 Å². The first kappa shape index (κ1) is 12.9. The van der Waals surface area contributed by atoms with Gasteiger partial charge in [-0.1, -0.05) is 12.1 Å². The summed E-state index contributed by atoms with van der Waals surface area (Å²) in [4.78, 5) is 6.88. The minimum absolute atomic E-state index is 0.0492. The highest BCUT2D eigenvalue weighted by Gasteiger charge is 2.38. The second-order valence-corrected chi connectivity index (χ2v) is 3.74. The van der Waals surface area contributed by atoms with E-state index in [-0.39, 0.29) is 17.3 Å². The number of hydrogen-bond donors (Lipinski definition) is 3. The molecule has 1 aromatic heterocycles. The molecular weight excluding hydrogens is 261 g/mol. The van der Waals surface area contributed by atoms with Gasteiger partial charge in [-0.3, -0.25) is 0 Å². The number of benzene rings is 1. The highest BCUT2D eigenvalue weighted by molar-refractivity contribution is 5.70. The number of nitrogen functional groups attached to an aromatic ring is 2. The van der Waals surface area contributed by atoms with Crippen molar-refractivity contribution in [3.63, 3.8) is 0 Å². The van der Waals surface area contributed by atoms with E-state index in [2.05, 4.69) is 9.97 Å². The van der Waals surface area contributed by atoms with Gasteiger partial charge < -0.3 is 16.6 Å². The van der Waals surface area contributed by atoms with Gasteiger partial charge in [0, 0.05) is 5.56 Å². The van der Waals surface area contributed by atoms with Crippen LogP contribution in [-0.4, -0.2) is 15.1 Å². The first-order valence-corrected chi connectivity index (χ1v) is 5.08. The third kappa shape index (κ3) is 2.51. The Hall–Kier alpha value is -2.51. The fourth-order valence-corrected chi connectivity index (χ4v) is 1.64. The van der Waals surface area contributed by atoms with Gasteiger partial charge in [-0.15, -0.1) is 0 Å². The molecule has 2 aromatic rings. The Balaban J connectivity index is 2.75. The fourth-order valence-electron chi connectivity index (χ4n) is 1.64. The molecule has 0 amide bonds. The Labute approximate surface area is 105 Å². The summed E-state index contributed by atoms with van der Waals surface area (Å²) in [5, 5.41) is 9.32. The van der Waals surface area contributed by atoms with Crippen LogP contribution in [0.4, 0.5) is 24.9 Å². The van der Waals surface area contributed by atoms with Crippen molar-refractivity contribution < 1.29 is 18.3 Å². The summed E-state index contributed by atoms with van der Waals surface area (Å²) < 4.78 is 38.9. The minimum Gasteiger partial charge on any atom is -0.508 e. The highest BCUT2D eigenvalue weighted by Crippen LogP contribution is 2.39. The van der Waals surface area contributed by atoms with Gasteiger partial charge in [0.15, 0.2) is 0 Å². The van der Waals surface area contributed by atoms with Crippen LogP contribution in [0.25, 0.3) is 11.3 Å². The third-order valence-corrected chi connectivity index (χ3v) is 2.36. The average molecular weight is 270 g/mol. The van der Waals surface area contributed by atoms with Crippen molar-refractivity contribution in [1.82, 2.24) is 9.97 Å². The van der Waals surface area contributed by atoms with Gasteiger partial charge in [0.1, 0.15) is 17.1 Å². The number of aromatic hydroxyl groups is 1. The second kappa shape index (κ2) is 4.30. The van der Waals surface area contributed by atoms with Gasteiger partial charge in [-0.05, 0) is 12.1 Å². The number of hydrogen-bond acceptors (Lipinski definition) is 5. The largest absolute Gasteiger partial charge is 0.508 e. The molecule has 0 saturated carbocycles. The van der Waals surface area contributed by atoms with Gasteiger partial charge in [-0.2, -0.15) is 18.2 Å². The van der Waals surface area contributed by atoms with Crippen molar-refractivity contribution >= 4 is 11.8 Å². The molecule has 1 heterocycles. The number of alkyl halides is 3. The zero-order chi connectivity index (χ0) is 14.2. The molecule has 19 heavy (non-hydrogen) atoms. The third-order valence-electron chi connectivity index (χ3n) is 2.36. The first-order chi connectivity index (χ1) is 8.79. The normalized spacial score (nSPS) is 11.5. The Morgan fingerprint density at radius 1 is 1.11 bits per heavy atom. The Morgan fingerprint density at radius 2 is 1.79 bits per heavy atom. The van der Waals surface area contributed by atoms with E-state index in [0.29, 0.717) is 0 Å². The van der Waals surface area contributed by atoms with E-state index < -0.39 is 23.3 Å². The van der Waals surface area contributed by atoms with Gasteiger partial charge >= 0.3 is 6.18 Å². The van der Waals surface area contributed by atoms with E-state index >= 15 is 0 Å². The molecule has 0 radical (unpaired) electrons. The lowest BCUT2D eigenvalue weighted by molar-refractivity contribution is -0.136. The summed E-state index contributed by atoms with van der Waals surface area (Å²) in [6, 6.07) is 5.20. The number of aromatic nitrogens is 2. The number of nitrogens with zero attached hydrogens (tertiary/aromatic N) is 2. The molecule has 0 fully saturated rings. The molecule has 0 aliphatic heterocycles. The molecule has 0 spiro atoms. The Morgan fingerprint density at radius 3 is 2.37 bits per heavy atom. The van der Waals surface area contributed by atoms with E-state index in [1.54, 1.807) is 0 Å². The van der Waals surface area contributed by atoms with Crippen LogP contribution in [0.15, 0.2) is 24.3 Å². The maximum absolute atomic E-state index is 13.0. The fraction of sp³-hybridized carbons (Fsp3) is 0.0909. The lowest BCUT2D eigenvalue weighted by atomic mass is 10.1. The molecule has 0 aliphatic carbocycles. The van der Waals surface area contributed by atoms with Gasteiger partial charge in [0.05, 0.1) is 5.69 Å². The topological polar surface area (TPSA) is 98.0 Å². The van der Waals surface area contributed by atoms with Crippen molar-refractivity contribution in [3.05, 3.63) is 29.8 Å². The van der Waals surface area contributed by atoms with Crippen molar-refractivity contribution in [2.75, 3.05) is 11.5 Å². The summed E-state index contributed by atoms with van der Waals surface area (Å²) in [5.74, 6) is -1.32. The maximum Gasteiger partial charge on any atom is 0.422 e. The SMILES string of the molecule is Nc1nc(N)c(C(F)(F)F)c(-c2cccc(O)c2)n1. The van der Waals surface area contributed by atoms with Crippen LogP contribution in [-0.2, 0) is 6.18 Å². The van der Waals surface area contributed by atoms with Crippen molar-refractivity contribution in [1.29, 1.82) is 0 Å². The molecule has 0 bridgehead atoms. The van der Waals surface area contributed by atoms with E-state index in [1.807, 2.05) is 0 Å². The molecule has 1 aromatic carbocycles. The average Bonchev–Trinajstić information content (AvgIpc) is 2.25. The summed E-state index contributed by atoms with van der Waals surface area (Å²) >= 11 is 0. The zero-order valence-corrected chi connectivity index (χ0v) is 9.44. The molecule has 0 atom stereocenters. The van der Waals surface area contributed by atoms with Crippen molar-refractivity contribution in [2.45, 2.75) is 6.18 Å². The summed E-state index contributed by atoms with van der Waals surface area (Å²) in [7, 11) is 0. The van der Waals surface area contributed by atoms with E-state index in [0.717, 1.165) is 6.07 Å². The molecule has 8 heteroatoms. The minimum atomic E-state index is -4.72. The van der Waals surface area contributed by atoms with Crippen LogP contribution in [0.5, 0.6) is 5.75 Å². The molecule has 2 rings (SSSR count). The van der Waals surface area contributed by atoms with E-state index in [9.17, 15) is 18.3 Å². The Bertz CT molecular complexity index is 628. The Kier molecular flexibility index (Phi) is 2.93. The number of phenols is 1. The first-order valence-electron chi connectivity index (χ1n) is 5.08. The molecule has 0 saturated heterocycles. The number of anilines is 2. The molecule has 5 N–H and O–H groups in total. The predicted octanol–water partition coefficient (Wildman–Crippen LogP) is 2.03. The predicted molar refractivity (Wildman–Crippen MR) is 63.0 cm³/mol.